The Morgan fingerprint density at radius 2 is 2.15 bits per heavy atom. The van der Waals surface area contributed by atoms with Crippen molar-refractivity contribution in [3.8, 4) is 10.6 Å². The van der Waals surface area contributed by atoms with Crippen LogP contribution in [-0.2, 0) is 11.3 Å². The SMILES string of the molecule is O=C(NCc1cccnc1N1CCOCC1)c1cc(-c2cccs2)on1. The Morgan fingerprint density at radius 3 is 2.96 bits per heavy atom. The van der Waals surface area contributed by atoms with Gasteiger partial charge in [-0.2, -0.15) is 0 Å². The van der Waals surface area contributed by atoms with Gasteiger partial charge in [-0.25, -0.2) is 4.98 Å². The van der Waals surface area contributed by atoms with Gasteiger partial charge in [-0.3, -0.25) is 4.79 Å². The van der Waals surface area contributed by atoms with Gasteiger partial charge in [0.25, 0.3) is 5.91 Å². The van der Waals surface area contributed by atoms with Crippen molar-refractivity contribution in [2.75, 3.05) is 31.2 Å². The number of ether oxygens (including phenoxy) is 1. The number of nitrogens with zero attached hydrogens (tertiary/aromatic N) is 3. The monoisotopic (exact) mass is 370 g/mol. The molecule has 0 aliphatic carbocycles. The van der Waals surface area contributed by atoms with Gasteiger partial charge in [-0.15, -0.1) is 11.3 Å². The lowest BCUT2D eigenvalue weighted by molar-refractivity contribution is 0.0941. The van der Waals surface area contributed by atoms with Crippen molar-refractivity contribution in [3.05, 3.63) is 53.2 Å². The largest absolute Gasteiger partial charge is 0.378 e. The fourth-order valence-electron chi connectivity index (χ4n) is 2.81. The van der Waals surface area contributed by atoms with Crippen molar-refractivity contribution in [1.29, 1.82) is 0 Å². The summed E-state index contributed by atoms with van der Waals surface area (Å²) in [7, 11) is 0. The standard InChI is InChI=1S/C18H18N4O3S/c23-18(14-11-15(25-21-14)16-4-2-10-26-16)20-12-13-3-1-5-19-17(13)22-6-8-24-9-7-22/h1-5,10-11H,6-9,12H2,(H,20,23). The molecule has 134 valence electrons. The minimum absolute atomic E-state index is 0.269. The summed E-state index contributed by atoms with van der Waals surface area (Å²) in [6.45, 7) is 3.34. The third-order valence-electron chi connectivity index (χ3n) is 4.12. The van der Waals surface area contributed by atoms with Crippen molar-refractivity contribution in [3.63, 3.8) is 0 Å². The quantitative estimate of drug-likeness (QED) is 0.743. The number of rotatable bonds is 5. The second-order valence-electron chi connectivity index (χ2n) is 5.82. The lowest BCUT2D eigenvalue weighted by Crippen LogP contribution is -2.37. The van der Waals surface area contributed by atoms with Crippen LogP contribution in [0.25, 0.3) is 10.6 Å². The fraction of sp³-hybridized carbons (Fsp3) is 0.278. The average molecular weight is 370 g/mol. The first-order valence-corrected chi connectivity index (χ1v) is 9.24. The number of hydrogen-bond acceptors (Lipinski definition) is 7. The number of pyridine rings is 1. The van der Waals surface area contributed by atoms with Crippen LogP contribution in [0.2, 0.25) is 0 Å². The van der Waals surface area contributed by atoms with Crippen molar-refractivity contribution in [1.82, 2.24) is 15.5 Å². The van der Waals surface area contributed by atoms with E-state index < -0.39 is 0 Å². The lowest BCUT2D eigenvalue weighted by Gasteiger charge is -2.29. The van der Waals surface area contributed by atoms with E-state index >= 15 is 0 Å². The topological polar surface area (TPSA) is 80.5 Å². The van der Waals surface area contributed by atoms with E-state index in [1.165, 1.54) is 11.3 Å². The Balaban J connectivity index is 1.43. The predicted molar refractivity (Wildman–Crippen MR) is 98.3 cm³/mol. The molecular weight excluding hydrogens is 352 g/mol. The summed E-state index contributed by atoms with van der Waals surface area (Å²) in [4.78, 5) is 20.0. The molecule has 4 heterocycles. The van der Waals surface area contributed by atoms with E-state index in [4.69, 9.17) is 9.26 Å². The molecule has 1 aliphatic rings. The fourth-order valence-corrected chi connectivity index (χ4v) is 3.48. The van der Waals surface area contributed by atoms with E-state index in [0.29, 0.717) is 25.5 Å². The summed E-state index contributed by atoms with van der Waals surface area (Å²) < 4.78 is 10.7. The highest BCUT2D eigenvalue weighted by atomic mass is 32.1. The van der Waals surface area contributed by atoms with Crippen LogP contribution < -0.4 is 10.2 Å². The van der Waals surface area contributed by atoms with Crippen LogP contribution in [-0.4, -0.2) is 42.4 Å². The number of anilines is 1. The first-order chi connectivity index (χ1) is 12.8. The summed E-state index contributed by atoms with van der Waals surface area (Å²) in [6.07, 6.45) is 1.76. The average Bonchev–Trinajstić information content (AvgIpc) is 3.38. The second-order valence-corrected chi connectivity index (χ2v) is 6.77. The van der Waals surface area contributed by atoms with Gasteiger partial charge in [0.1, 0.15) is 5.82 Å². The van der Waals surface area contributed by atoms with Gasteiger partial charge < -0.3 is 19.5 Å². The first-order valence-electron chi connectivity index (χ1n) is 8.36. The molecule has 1 aliphatic heterocycles. The van der Waals surface area contributed by atoms with Gasteiger partial charge in [0, 0.05) is 37.5 Å². The molecule has 1 saturated heterocycles. The molecule has 3 aromatic heterocycles. The molecule has 0 aromatic carbocycles. The van der Waals surface area contributed by atoms with E-state index in [2.05, 4.69) is 20.4 Å². The highest BCUT2D eigenvalue weighted by Gasteiger charge is 2.18. The normalized spacial score (nSPS) is 14.4. The molecule has 1 fully saturated rings. The van der Waals surface area contributed by atoms with Crippen LogP contribution in [0.3, 0.4) is 0 Å². The van der Waals surface area contributed by atoms with Gasteiger partial charge in [-0.05, 0) is 17.5 Å². The van der Waals surface area contributed by atoms with Crippen molar-refractivity contribution < 1.29 is 14.1 Å². The summed E-state index contributed by atoms with van der Waals surface area (Å²) in [5.74, 6) is 1.21. The molecule has 26 heavy (non-hydrogen) atoms. The van der Waals surface area contributed by atoms with Gasteiger partial charge in [0.05, 0.1) is 18.1 Å². The Labute approximate surface area is 154 Å². The number of hydrogen-bond donors (Lipinski definition) is 1. The highest BCUT2D eigenvalue weighted by molar-refractivity contribution is 7.13. The Kier molecular flexibility index (Phi) is 4.94. The van der Waals surface area contributed by atoms with Crippen LogP contribution in [0.5, 0.6) is 0 Å². The van der Waals surface area contributed by atoms with Crippen LogP contribution in [0.4, 0.5) is 5.82 Å². The molecule has 0 radical (unpaired) electrons. The van der Waals surface area contributed by atoms with E-state index in [0.717, 1.165) is 29.3 Å². The molecule has 1 N–H and O–H groups in total. The first kappa shape index (κ1) is 16.7. The van der Waals surface area contributed by atoms with Gasteiger partial charge in [0.15, 0.2) is 11.5 Å². The molecule has 0 spiro atoms. The highest BCUT2D eigenvalue weighted by Crippen LogP contribution is 2.25. The summed E-state index contributed by atoms with van der Waals surface area (Å²) >= 11 is 1.54. The molecular formula is C18H18N4O3S. The molecule has 7 nitrogen and oxygen atoms in total. The van der Waals surface area contributed by atoms with Crippen molar-refractivity contribution in [2.24, 2.45) is 0 Å². The molecule has 1 amide bonds. The number of aromatic nitrogens is 2. The number of morpholine rings is 1. The molecule has 4 rings (SSSR count). The van der Waals surface area contributed by atoms with Crippen LogP contribution in [0.1, 0.15) is 16.1 Å². The zero-order valence-electron chi connectivity index (χ0n) is 14.1. The maximum atomic E-state index is 12.4. The third-order valence-corrected chi connectivity index (χ3v) is 5.01. The van der Waals surface area contributed by atoms with Crippen molar-refractivity contribution >= 4 is 23.1 Å². The van der Waals surface area contributed by atoms with Gasteiger partial charge >= 0.3 is 0 Å². The molecule has 0 bridgehead atoms. The van der Waals surface area contributed by atoms with E-state index in [1.807, 2.05) is 29.6 Å². The summed E-state index contributed by atoms with van der Waals surface area (Å²) in [5, 5.41) is 8.72. The van der Waals surface area contributed by atoms with Crippen LogP contribution in [0.15, 0.2) is 46.4 Å². The number of carbonyl (C=O) groups excluding carboxylic acids is 1. The minimum Gasteiger partial charge on any atom is -0.378 e. The molecule has 0 saturated carbocycles. The zero-order chi connectivity index (χ0) is 17.8. The maximum Gasteiger partial charge on any atom is 0.273 e. The van der Waals surface area contributed by atoms with E-state index in [-0.39, 0.29) is 11.6 Å². The molecule has 8 heteroatoms. The zero-order valence-corrected chi connectivity index (χ0v) is 14.9. The summed E-state index contributed by atoms with van der Waals surface area (Å²) in [5.41, 5.74) is 1.23. The van der Waals surface area contributed by atoms with Gasteiger partial charge in [0.2, 0.25) is 0 Å². The number of thiophene rings is 1. The Bertz CT molecular complexity index is 872. The Morgan fingerprint density at radius 1 is 1.27 bits per heavy atom. The van der Waals surface area contributed by atoms with E-state index in [1.54, 1.807) is 12.3 Å². The van der Waals surface area contributed by atoms with Crippen LogP contribution >= 0.6 is 11.3 Å². The smallest absolute Gasteiger partial charge is 0.273 e. The van der Waals surface area contributed by atoms with Crippen LogP contribution in [0, 0.1) is 0 Å². The van der Waals surface area contributed by atoms with Crippen molar-refractivity contribution in [2.45, 2.75) is 6.54 Å². The molecule has 3 aromatic rings. The Hall–Kier alpha value is -2.71. The van der Waals surface area contributed by atoms with Gasteiger partial charge in [-0.1, -0.05) is 17.3 Å². The number of carbonyl (C=O) groups is 1. The predicted octanol–water partition coefficient (Wildman–Crippen LogP) is 2.56. The van der Waals surface area contributed by atoms with E-state index in [9.17, 15) is 4.79 Å². The second kappa shape index (κ2) is 7.67. The summed E-state index contributed by atoms with van der Waals surface area (Å²) in [6, 6.07) is 9.36. The maximum absolute atomic E-state index is 12.4. The minimum atomic E-state index is -0.270. The number of amides is 1. The molecule has 0 atom stereocenters. The third kappa shape index (κ3) is 3.61. The lowest BCUT2D eigenvalue weighted by atomic mass is 10.2. The molecule has 0 unspecified atom stereocenters. The number of nitrogens with one attached hydrogen (secondary N) is 1.